The van der Waals surface area contributed by atoms with Gasteiger partial charge in [0, 0.05) is 0 Å². The van der Waals surface area contributed by atoms with Crippen LogP contribution in [0.3, 0.4) is 0 Å². The Morgan fingerprint density at radius 1 is 1.38 bits per heavy atom. The lowest BCUT2D eigenvalue weighted by Gasteiger charge is -2.14. The van der Waals surface area contributed by atoms with Gasteiger partial charge in [-0.05, 0) is 6.42 Å². The van der Waals surface area contributed by atoms with E-state index in [0.29, 0.717) is 6.42 Å². The number of hydrogen-bond donors (Lipinski definition) is 2. The highest BCUT2D eigenvalue weighted by atomic mass is 16.5. The first-order valence-electron chi connectivity index (χ1n) is 4.74. The van der Waals surface area contributed by atoms with Crippen molar-refractivity contribution in [2.45, 2.75) is 25.8 Å². The second-order valence-corrected chi connectivity index (χ2v) is 2.95. The van der Waals surface area contributed by atoms with Gasteiger partial charge in [-0.25, -0.2) is 9.59 Å². The van der Waals surface area contributed by atoms with Crippen molar-refractivity contribution in [3.8, 4) is 0 Å². The summed E-state index contributed by atoms with van der Waals surface area (Å²) in [6, 6.07) is -1.23. The van der Waals surface area contributed by atoms with Gasteiger partial charge in [-0.15, -0.1) is 0 Å². The van der Waals surface area contributed by atoms with Crippen molar-refractivity contribution < 1.29 is 29.0 Å². The van der Waals surface area contributed by atoms with Gasteiger partial charge < -0.3 is 19.9 Å². The third-order valence-electron chi connectivity index (χ3n) is 1.59. The summed E-state index contributed by atoms with van der Waals surface area (Å²) in [5.74, 6) is -2.00. The number of carboxylic acid groups (broad SMARTS) is 1. The molecule has 0 aromatic rings. The van der Waals surface area contributed by atoms with E-state index in [1.807, 2.05) is 0 Å². The van der Waals surface area contributed by atoms with E-state index in [0.717, 1.165) is 7.11 Å². The van der Waals surface area contributed by atoms with Gasteiger partial charge in [-0.3, -0.25) is 4.79 Å². The molecule has 0 aromatic carbocycles. The number of hydrogen-bond acceptors (Lipinski definition) is 5. The number of methoxy groups -OCH3 is 1. The lowest BCUT2D eigenvalue weighted by atomic mass is 10.2. The van der Waals surface area contributed by atoms with Gasteiger partial charge in [-0.2, -0.15) is 0 Å². The normalized spacial score (nSPS) is 11.4. The molecule has 92 valence electrons. The van der Waals surface area contributed by atoms with Gasteiger partial charge in [0.2, 0.25) is 0 Å². The summed E-state index contributed by atoms with van der Waals surface area (Å²) >= 11 is 0. The number of ether oxygens (including phenoxy) is 2. The van der Waals surface area contributed by atoms with Crippen molar-refractivity contribution in [1.82, 2.24) is 5.32 Å². The Morgan fingerprint density at radius 2 is 2.00 bits per heavy atom. The average molecular weight is 233 g/mol. The number of aliphatic carboxylic acids is 1. The summed E-state index contributed by atoms with van der Waals surface area (Å²) in [4.78, 5) is 32.6. The molecule has 0 bridgehead atoms. The molecule has 0 rings (SSSR count). The fraction of sp³-hybridized carbons (Fsp3) is 0.667. The number of carbonyl (C=O) groups excluding carboxylic acids is 2. The molecule has 0 saturated heterocycles. The molecule has 1 amide bonds. The molecule has 1 atom stereocenters. The molecule has 2 N–H and O–H groups in total. The van der Waals surface area contributed by atoms with Crippen LogP contribution in [0.25, 0.3) is 0 Å². The molecule has 7 nitrogen and oxygen atoms in total. The fourth-order valence-corrected chi connectivity index (χ4v) is 0.872. The summed E-state index contributed by atoms with van der Waals surface area (Å²) < 4.78 is 8.99. The minimum absolute atomic E-state index is 0.178. The van der Waals surface area contributed by atoms with Crippen molar-refractivity contribution in [2.24, 2.45) is 0 Å². The first kappa shape index (κ1) is 14.2. The Morgan fingerprint density at radius 3 is 2.44 bits per heavy atom. The van der Waals surface area contributed by atoms with E-state index < -0.39 is 30.5 Å². The smallest absolute Gasteiger partial charge is 0.407 e. The molecule has 0 aliphatic heterocycles. The fourth-order valence-electron chi connectivity index (χ4n) is 0.872. The summed E-state index contributed by atoms with van der Waals surface area (Å²) in [5, 5.41) is 10.6. The van der Waals surface area contributed by atoms with E-state index in [1.54, 1.807) is 6.92 Å². The van der Waals surface area contributed by atoms with Crippen LogP contribution in [0.2, 0.25) is 0 Å². The summed E-state index contributed by atoms with van der Waals surface area (Å²) in [6.07, 6.45) is -0.804. The molecule has 0 unspecified atom stereocenters. The summed E-state index contributed by atoms with van der Waals surface area (Å²) in [6.45, 7) is 1.98. The highest BCUT2D eigenvalue weighted by Crippen LogP contribution is 1.98. The highest BCUT2D eigenvalue weighted by Gasteiger charge is 2.25. The van der Waals surface area contributed by atoms with E-state index in [2.05, 4.69) is 10.1 Å². The standard InChI is InChI=1S/C9H15NO6/c1-3-4-16-8(13)6(5-7(11)12)10-9(14)15-2/h6H,3-5H2,1-2H3,(H,10,14)(H,11,12)/t6-/m0/s1. The molecule has 0 aliphatic carbocycles. The van der Waals surface area contributed by atoms with Crippen LogP contribution < -0.4 is 5.32 Å². The number of amides is 1. The first-order chi connectivity index (χ1) is 7.51. The Balaban J connectivity index is 4.34. The van der Waals surface area contributed by atoms with Crippen LogP contribution >= 0.6 is 0 Å². The molecule has 0 fully saturated rings. The van der Waals surface area contributed by atoms with Crippen LogP contribution in [-0.4, -0.2) is 42.9 Å². The van der Waals surface area contributed by atoms with Gasteiger partial charge in [0.05, 0.1) is 20.1 Å². The Hall–Kier alpha value is -1.79. The van der Waals surface area contributed by atoms with E-state index >= 15 is 0 Å². The second kappa shape index (κ2) is 7.49. The third kappa shape index (κ3) is 5.84. The van der Waals surface area contributed by atoms with Crippen molar-refractivity contribution in [3.63, 3.8) is 0 Å². The molecule has 0 radical (unpaired) electrons. The number of esters is 1. The molecule has 0 aliphatic rings. The zero-order valence-corrected chi connectivity index (χ0v) is 9.19. The van der Waals surface area contributed by atoms with Crippen LogP contribution in [0.5, 0.6) is 0 Å². The number of rotatable bonds is 6. The van der Waals surface area contributed by atoms with Crippen molar-refractivity contribution in [3.05, 3.63) is 0 Å². The Labute approximate surface area is 92.7 Å². The minimum atomic E-state index is -1.23. The zero-order chi connectivity index (χ0) is 12.6. The van der Waals surface area contributed by atoms with E-state index in [-0.39, 0.29) is 6.61 Å². The maximum atomic E-state index is 11.3. The average Bonchev–Trinajstić information content (AvgIpc) is 2.24. The van der Waals surface area contributed by atoms with Crippen LogP contribution in [0.1, 0.15) is 19.8 Å². The molecular formula is C9H15NO6. The number of alkyl carbamates (subject to hydrolysis) is 1. The minimum Gasteiger partial charge on any atom is -0.481 e. The molecule has 0 heterocycles. The highest BCUT2D eigenvalue weighted by molar-refractivity contribution is 5.85. The number of nitrogens with one attached hydrogen (secondary N) is 1. The third-order valence-corrected chi connectivity index (χ3v) is 1.59. The molecule has 0 saturated carbocycles. The Bertz CT molecular complexity index is 265. The lowest BCUT2D eigenvalue weighted by molar-refractivity contribution is -0.150. The molecule has 7 heteroatoms. The molecule has 0 aromatic heterocycles. The van der Waals surface area contributed by atoms with Gasteiger partial charge in [0.25, 0.3) is 0 Å². The van der Waals surface area contributed by atoms with E-state index in [9.17, 15) is 14.4 Å². The van der Waals surface area contributed by atoms with Gasteiger partial charge in [0.1, 0.15) is 6.04 Å². The van der Waals surface area contributed by atoms with Crippen molar-refractivity contribution in [1.29, 1.82) is 0 Å². The predicted octanol–water partition coefficient (Wildman–Crippen LogP) is 0.139. The number of carbonyl (C=O) groups is 3. The maximum Gasteiger partial charge on any atom is 0.407 e. The van der Waals surface area contributed by atoms with Crippen LogP contribution in [-0.2, 0) is 19.1 Å². The summed E-state index contributed by atoms with van der Waals surface area (Å²) in [5.41, 5.74) is 0. The quantitative estimate of drug-likeness (QED) is 0.632. The van der Waals surface area contributed by atoms with Crippen LogP contribution in [0, 0.1) is 0 Å². The first-order valence-corrected chi connectivity index (χ1v) is 4.74. The SMILES string of the molecule is CCCOC(=O)[C@H](CC(=O)O)NC(=O)OC. The second-order valence-electron chi connectivity index (χ2n) is 2.95. The number of carboxylic acids is 1. The van der Waals surface area contributed by atoms with Crippen LogP contribution in [0.15, 0.2) is 0 Å². The monoisotopic (exact) mass is 233 g/mol. The largest absolute Gasteiger partial charge is 0.481 e. The Kier molecular flexibility index (Phi) is 6.66. The van der Waals surface area contributed by atoms with Crippen molar-refractivity contribution >= 4 is 18.0 Å². The summed E-state index contributed by atoms with van der Waals surface area (Å²) in [7, 11) is 1.12. The maximum absolute atomic E-state index is 11.3. The van der Waals surface area contributed by atoms with E-state index in [1.165, 1.54) is 0 Å². The van der Waals surface area contributed by atoms with Gasteiger partial charge >= 0.3 is 18.0 Å². The molecular weight excluding hydrogens is 218 g/mol. The van der Waals surface area contributed by atoms with E-state index in [4.69, 9.17) is 9.84 Å². The van der Waals surface area contributed by atoms with Crippen LogP contribution in [0.4, 0.5) is 4.79 Å². The topological polar surface area (TPSA) is 102 Å². The lowest BCUT2D eigenvalue weighted by Crippen LogP contribution is -2.43. The molecule has 16 heavy (non-hydrogen) atoms. The van der Waals surface area contributed by atoms with Gasteiger partial charge in [0.15, 0.2) is 0 Å². The predicted molar refractivity (Wildman–Crippen MR) is 52.8 cm³/mol. The van der Waals surface area contributed by atoms with Crippen molar-refractivity contribution in [2.75, 3.05) is 13.7 Å². The zero-order valence-electron chi connectivity index (χ0n) is 9.19. The molecule has 0 spiro atoms. The van der Waals surface area contributed by atoms with Gasteiger partial charge in [-0.1, -0.05) is 6.92 Å².